The summed E-state index contributed by atoms with van der Waals surface area (Å²) in [5, 5.41) is 0. The van der Waals surface area contributed by atoms with Crippen molar-refractivity contribution in [3.63, 3.8) is 0 Å². The van der Waals surface area contributed by atoms with E-state index in [1.165, 1.54) is 29.5 Å². The van der Waals surface area contributed by atoms with Crippen LogP contribution in [0.3, 0.4) is 0 Å². The van der Waals surface area contributed by atoms with Gasteiger partial charge in [0.25, 0.3) is 0 Å². The van der Waals surface area contributed by atoms with Gasteiger partial charge in [0, 0.05) is 0 Å². The maximum atomic E-state index is 2.47. The van der Waals surface area contributed by atoms with Gasteiger partial charge in [-0.15, -0.1) is 0 Å². The summed E-state index contributed by atoms with van der Waals surface area (Å²) in [6, 6.07) is 18.0. The lowest BCUT2D eigenvalue weighted by atomic mass is 9.85. The molecule has 0 heterocycles. The lowest BCUT2D eigenvalue weighted by Crippen LogP contribution is -2.03. The van der Waals surface area contributed by atoms with Gasteiger partial charge in [0.05, 0.1) is 0 Å². The summed E-state index contributed by atoms with van der Waals surface area (Å²) in [5.41, 5.74) is 6.01. The van der Waals surface area contributed by atoms with Gasteiger partial charge < -0.3 is 0 Å². The largest absolute Gasteiger partial charge is 0.0654 e. The van der Waals surface area contributed by atoms with Gasteiger partial charge in [0.1, 0.15) is 0 Å². The molecule has 1 atom stereocenters. The van der Waals surface area contributed by atoms with Gasteiger partial charge >= 0.3 is 0 Å². The van der Waals surface area contributed by atoms with Crippen LogP contribution in [0.15, 0.2) is 48.5 Å². The van der Waals surface area contributed by atoms with Gasteiger partial charge in [-0.1, -0.05) is 82.6 Å². The molecule has 0 aliphatic carbocycles. The van der Waals surface area contributed by atoms with Gasteiger partial charge in [0.15, 0.2) is 0 Å². The van der Waals surface area contributed by atoms with Crippen molar-refractivity contribution in [2.24, 2.45) is 0 Å². The fourth-order valence-corrected chi connectivity index (χ4v) is 3.25. The van der Waals surface area contributed by atoms with Gasteiger partial charge in [-0.3, -0.25) is 0 Å². The van der Waals surface area contributed by atoms with E-state index >= 15 is 0 Å². The van der Waals surface area contributed by atoms with E-state index in [2.05, 4.69) is 76.2 Å². The van der Waals surface area contributed by atoms with E-state index in [0.717, 1.165) is 12.8 Å². The maximum Gasteiger partial charge on any atom is -0.0188 e. The predicted octanol–water partition coefficient (Wildman–Crippen LogP) is 6.50. The van der Waals surface area contributed by atoms with Crippen molar-refractivity contribution in [1.82, 2.24) is 0 Å². The Labute approximate surface area is 136 Å². The van der Waals surface area contributed by atoms with E-state index in [4.69, 9.17) is 0 Å². The zero-order valence-corrected chi connectivity index (χ0v) is 14.6. The van der Waals surface area contributed by atoms with Crippen LogP contribution in [0.5, 0.6) is 0 Å². The molecule has 0 fully saturated rings. The molecule has 0 aliphatic heterocycles. The summed E-state index contributed by atoms with van der Waals surface area (Å²) >= 11 is 0. The molecule has 0 spiro atoms. The van der Waals surface area contributed by atoms with Crippen LogP contribution in [0.4, 0.5) is 0 Å². The minimum atomic E-state index is 0.609. The van der Waals surface area contributed by atoms with E-state index in [1.54, 1.807) is 5.56 Å². The monoisotopic (exact) mass is 294 g/mol. The van der Waals surface area contributed by atoms with Crippen LogP contribution in [0, 0.1) is 0 Å². The summed E-state index contributed by atoms with van der Waals surface area (Å²) < 4.78 is 0. The molecule has 0 radical (unpaired) electrons. The molecule has 22 heavy (non-hydrogen) atoms. The standard InChI is InChI=1S/C22H30/c1-5-9-18(4)22-16-20(14-15-21(22)17(2)3)13-12-19-10-7-6-8-11-19/h6-8,10-11,14-18H,5,9,12-13H2,1-4H3. The summed E-state index contributed by atoms with van der Waals surface area (Å²) in [5.74, 6) is 1.27. The molecule has 0 N–H and O–H groups in total. The Balaban J connectivity index is 2.17. The van der Waals surface area contributed by atoms with E-state index in [9.17, 15) is 0 Å². The fraction of sp³-hybridized carbons (Fsp3) is 0.455. The van der Waals surface area contributed by atoms with Gasteiger partial charge in [0.2, 0.25) is 0 Å². The quantitative estimate of drug-likeness (QED) is 0.547. The van der Waals surface area contributed by atoms with Gasteiger partial charge in [-0.2, -0.15) is 0 Å². The lowest BCUT2D eigenvalue weighted by molar-refractivity contribution is 0.650. The van der Waals surface area contributed by atoms with Crippen LogP contribution >= 0.6 is 0 Å². The van der Waals surface area contributed by atoms with Crippen LogP contribution in [0.2, 0.25) is 0 Å². The summed E-state index contributed by atoms with van der Waals surface area (Å²) in [6.45, 7) is 9.28. The molecule has 1 unspecified atom stereocenters. The molecule has 0 saturated carbocycles. The number of hydrogen-bond acceptors (Lipinski definition) is 0. The van der Waals surface area contributed by atoms with Gasteiger partial charge in [-0.25, -0.2) is 0 Å². The number of aryl methyl sites for hydroxylation is 2. The second-order valence-corrected chi connectivity index (χ2v) is 6.79. The summed E-state index contributed by atoms with van der Waals surface area (Å²) in [6.07, 6.45) is 4.80. The third kappa shape index (κ3) is 4.47. The lowest BCUT2D eigenvalue weighted by Gasteiger charge is -2.20. The van der Waals surface area contributed by atoms with Crippen LogP contribution < -0.4 is 0 Å². The zero-order valence-electron chi connectivity index (χ0n) is 14.6. The van der Waals surface area contributed by atoms with E-state index < -0.39 is 0 Å². The minimum Gasteiger partial charge on any atom is -0.0654 e. The first-order chi connectivity index (χ1) is 10.6. The Morgan fingerprint density at radius 2 is 1.45 bits per heavy atom. The molecule has 0 amide bonds. The molecular weight excluding hydrogens is 264 g/mol. The molecular formula is C22H30. The third-order valence-corrected chi connectivity index (χ3v) is 4.57. The average Bonchev–Trinajstić information content (AvgIpc) is 2.53. The molecule has 118 valence electrons. The Morgan fingerprint density at radius 3 is 2.09 bits per heavy atom. The number of hydrogen-bond donors (Lipinski definition) is 0. The summed E-state index contributed by atoms with van der Waals surface area (Å²) in [4.78, 5) is 0. The molecule has 0 bridgehead atoms. The van der Waals surface area contributed by atoms with Crippen molar-refractivity contribution in [1.29, 1.82) is 0 Å². The van der Waals surface area contributed by atoms with Crippen LogP contribution in [0.1, 0.15) is 74.6 Å². The third-order valence-electron chi connectivity index (χ3n) is 4.57. The molecule has 0 aromatic heterocycles. The van der Waals surface area contributed by atoms with E-state index in [1.807, 2.05) is 0 Å². The molecule has 2 rings (SSSR count). The highest BCUT2D eigenvalue weighted by Crippen LogP contribution is 2.30. The Hall–Kier alpha value is -1.56. The molecule has 0 nitrogen and oxygen atoms in total. The summed E-state index contributed by atoms with van der Waals surface area (Å²) in [7, 11) is 0. The van der Waals surface area contributed by atoms with Crippen LogP contribution in [-0.4, -0.2) is 0 Å². The highest BCUT2D eigenvalue weighted by Gasteiger charge is 2.13. The first-order valence-electron chi connectivity index (χ1n) is 8.78. The fourth-order valence-electron chi connectivity index (χ4n) is 3.25. The van der Waals surface area contributed by atoms with Crippen molar-refractivity contribution in [2.45, 2.75) is 65.2 Å². The second kappa shape index (κ2) is 8.17. The number of rotatable bonds is 7. The van der Waals surface area contributed by atoms with Gasteiger partial charge in [-0.05, 0) is 53.4 Å². The zero-order chi connectivity index (χ0) is 15.9. The molecule has 0 saturated heterocycles. The first-order valence-corrected chi connectivity index (χ1v) is 8.78. The SMILES string of the molecule is CCCC(C)c1cc(CCc2ccccc2)ccc1C(C)C. The van der Waals surface area contributed by atoms with Crippen molar-refractivity contribution in [2.75, 3.05) is 0 Å². The molecule has 2 aromatic carbocycles. The Bertz CT molecular complexity index is 566. The first kappa shape index (κ1) is 16.8. The van der Waals surface area contributed by atoms with Crippen LogP contribution in [0.25, 0.3) is 0 Å². The van der Waals surface area contributed by atoms with Crippen molar-refractivity contribution >= 4 is 0 Å². The molecule has 2 aromatic rings. The van der Waals surface area contributed by atoms with Crippen LogP contribution in [-0.2, 0) is 12.8 Å². The maximum absolute atomic E-state index is 2.47. The normalized spacial score (nSPS) is 12.6. The molecule has 0 aliphatic rings. The molecule has 0 heteroatoms. The average molecular weight is 294 g/mol. The number of benzene rings is 2. The predicted molar refractivity (Wildman–Crippen MR) is 97.7 cm³/mol. The van der Waals surface area contributed by atoms with E-state index in [-0.39, 0.29) is 0 Å². The van der Waals surface area contributed by atoms with E-state index in [0.29, 0.717) is 11.8 Å². The smallest absolute Gasteiger partial charge is 0.0188 e. The van der Waals surface area contributed by atoms with Crippen molar-refractivity contribution < 1.29 is 0 Å². The van der Waals surface area contributed by atoms with Crippen molar-refractivity contribution in [3.8, 4) is 0 Å². The highest BCUT2D eigenvalue weighted by molar-refractivity contribution is 5.37. The Kier molecular flexibility index (Phi) is 6.24. The minimum absolute atomic E-state index is 0.609. The topological polar surface area (TPSA) is 0 Å². The van der Waals surface area contributed by atoms with Crippen molar-refractivity contribution in [3.05, 3.63) is 70.8 Å². The highest BCUT2D eigenvalue weighted by atomic mass is 14.2. The second-order valence-electron chi connectivity index (χ2n) is 6.79. The Morgan fingerprint density at radius 1 is 0.773 bits per heavy atom.